The molecule has 0 unspecified atom stereocenters. The highest BCUT2D eigenvalue weighted by molar-refractivity contribution is 6.33. The fourth-order valence-corrected chi connectivity index (χ4v) is 3.45. The summed E-state index contributed by atoms with van der Waals surface area (Å²) in [5.41, 5.74) is 3.85. The maximum Gasteiger partial charge on any atom is 0.262 e. The van der Waals surface area contributed by atoms with Crippen LogP contribution in [-0.4, -0.2) is 17.5 Å². The highest BCUT2D eigenvalue weighted by atomic mass is 35.5. The number of hydrogen-bond donors (Lipinski definition) is 1. The van der Waals surface area contributed by atoms with E-state index in [4.69, 9.17) is 20.8 Å². The van der Waals surface area contributed by atoms with Crippen molar-refractivity contribution in [3.05, 3.63) is 77.3 Å². The van der Waals surface area contributed by atoms with E-state index in [2.05, 4.69) is 24.1 Å². The average molecular weight is 435 g/mol. The predicted octanol–water partition coefficient (Wildman–Crippen LogP) is 6.68. The van der Waals surface area contributed by atoms with Crippen LogP contribution in [0.3, 0.4) is 0 Å². The third-order valence-electron chi connectivity index (χ3n) is 5.21. The van der Waals surface area contributed by atoms with E-state index >= 15 is 0 Å². The number of halogens is 1. The second kappa shape index (κ2) is 9.23. The lowest BCUT2D eigenvalue weighted by Crippen LogP contribution is -2.20. The number of carbonyl (C=O) groups is 1. The molecular formula is C25H23ClN2O3. The Kier molecular flexibility index (Phi) is 6.23. The molecule has 6 heteroatoms. The molecule has 0 saturated heterocycles. The number of nitrogens with zero attached hydrogens (tertiary/aromatic N) is 1. The van der Waals surface area contributed by atoms with Crippen LogP contribution in [0.2, 0.25) is 5.02 Å². The van der Waals surface area contributed by atoms with Crippen LogP contribution in [-0.2, 0) is 4.79 Å². The number of fused-ring (bicyclic) bond motifs is 1. The van der Waals surface area contributed by atoms with Gasteiger partial charge in [0, 0.05) is 5.69 Å². The summed E-state index contributed by atoms with van der Waals surface area (Å²) in [5.74, 6) is 1.36. The molecule has 1 atom stereocenters. The highest BCUT2D eigenvalue weighted by Crippen LogP contribution is 2.30. The molecule has 31 heavy (non-hydrogen) atoms. The van der Waals surface area contributed by atoms with Crippen LogP contribution in [0.1, 0.15) is 31.7 Å². The molecule has 1 aromatic heterocycles. The number of carbonyl (C=O) groups excluding carboxylic acids is 1. The van der Waals surface area contributed by atoms with Crippen LogP contribution in [0.25, 0.3) is 22.6 Å². The molecule has 0 radical (unpaired) electrons. The molecule has 1 heterocycles. The van der Waals surface area contributed by atoms with Crippen molar-refractivity contribution in [2.24, 2.45) is 0 Å². The predicted molar refractivity (Wildman–Crippen MR) is 124 cm³/mol. The van der Waals surface area contributed by atoms with Crippen molar-refractivity contribution < 1.29 is 13.9 Å². The van der Waals surface area contributed by atoms with Crippen molar-refractivity contribution in [1.82, 2.24) is 4.98 Å². The Bertz CT molecular complexity index is 1200. The Morgan fingerprint density at radius 2 is 1.90 bits per heavy atom. The SMILES string of the molecule is CC[C@@H](C)c1ccc(OCC(=O)Nc2ccc3oc(-c4ccccc4Cl)nc3c2)cc1. The summed E-state index contributed by atoms with van der Waals surface area (Å²) in [6, 6.07) is 20.5. The summed E-state index contributed by atoms with van der Waals surface area (Å²) >= 11 is 6.23. The van der Waals surface area contributed by atoms with Gasteiger partial charge < -0.3 is 14.5 Å². The molecule has 0 bridgehead atoms. The zero-order valence-corrected chi connectivity index (χ0v) is 18.1. The molecule has 0 aliphatic rings. The molecule has 1 amide bonds. The lowest BCUT2D eigenvalue weighted by molar-refractivity contribution is -0.118. The van der Waals surface area contributed by atoms with Crippen LogP contribution in [0.5, 0.6) is 5.75 Å². The Balaban J connectivity index is 1.40. The third-order valence-corrected chi connectivity index (χ3v) is 5.54. The summed E-state index contributed by atoms with van der Waals surface area (Å²) in [6.07, 6.45) is 1.08. The molecule has 0 aliphatic heterocycles. The van der Waals surface area contributed by atoms with Crippen molar-refractivity contribution in [3.63, 3.8) is 0 Å². The first-order chi connectivity index (χ1) is 15.0. The van der Waals surface area contributed by atoms with Gasteiger partial charge in [-0.2, -0.15) is 0 Å². The molecule has 0 aliphatic carbocycles. The molecule has 4 rings (SSSR count). The zero-order valence-electron chi connectivity index (χ0n) is 17.4. The number of hydrogen-bond acceptors (Lipinski definition) is 4. The van der Waals surface area contributed by atoms with Crippen LogP contribution >= 0.6 is 11.6 Å². The summed E-state index contributed by atoms with van der Waals surface area (Å²) in [6.45, 7) is 4.27. The molecule has 158 valence electrons. The number of nitrogens with one attached hydrogen (secondary N) is 1. The third kappa shape index (κ3) is 4.89. The first-order valence-corrected chi connectivity index (χ1v) is 10.6. The quantitative estimate of drug-likeness (QED) is 0.352. The minimum absolute atomic E-state index is 0.0790. The minimum Gasteiger partial charge on any atom is -0.484 e. The van der Waals surface area contributed by atoms with Crippen molar-refractivity contribution in [2.75, 3.05) is 11.9 Å². The first-order valence-electron chi connectivity index (χ1n) is 10.2. The summed E-state index contributed by atoms with van der Waals surface area (Å²) in [7, 11) is 0. The molecule has 3 aromatic carbocycles. The second-order valence-electron chi connectivity index (χ2n) is 7.40. The van der Waals surface area contributed by atoms with E-state index in [0.29, 0.717) is 39.4 Å². The Morgan fingerprint density at radius 1 is 1.13 bits per heavy atom. The molecule has 4 aromatic rings. The van der Waals surface area contributed by atoms with Gasteiger partial charge in [0.15, 0.2) is 12.2 Å². The van der Waals surface area contributed by atoms with E-state index in [0.717, 1.165) is 12.0 Å². The smallest absolute Gasteiger partial charge is 0.262 e. The standard InChI is InChI=1S/C25H23ClN2O3/c1-3-16(2)17-8-11-19(12-9-17)30-15-24(29)27-18-10-13-23-22(14-18)28-25(31-23)20-6-4-5-7-21(20)26/h4-14,16H,3,15H2,1-2H3,(H,27,29)/t16-/m1/s1. The summed E-state index contributed by atoms with van der Waals surface area (Å²) in [5, 5.41) is 3.40. The molecule has 0 spiro atoms. The van der Waals surface area contributed by atoms with Crippen molar-refractivity contribution >= 4 is 34.3 Å². The van der Waals surface area contributed by atoms with Gasteiger partial charge in [-0.05, 0) is 60.4 Å². The maximum absolute atomic E-state index is 12.3. The zero-order chi connectivity index (χ0) is 21.8. The van der Waals surface area contributed by atoms with Gasteiger partial charge in [0.2, 0.25) is 5.89 Å². The lowest BCUT2D eigenvalue weighted by Gasteiger charge is -2.11. The molecule has 5 nitrogen and oxygen atoms in total. The van der Waals surface area contributed by atoms with Crippen molar-refractivity contribution in [3.8, 4) is 17.2 Å². The minimum atomic E-state index is -0.250. The van der Waals surface area contributed by atoms with Crippen molar-refractivity contribution in [1.29, 1.82) is 0 Å². The lowest BCUT2D eigenvalue weighted by atomic mass is 9.99. The maximum atomic E-state index is 12.3. The largest absolute Gasteiger partial charge is 0.484 e. The van der Waals surface area contributed by atoms with Gasteiger partial charge in [0.05, 0.1) is 10.6 Å². The van der Waals surface area contributed by atoms with Crippen LogP contribution < -0.4 is 10.1 Å². The average Bonchev–Trinajstić information content (AvgIpc) is 3.21. The Hall–Kier alpha value is -3.31. The topological polar surface area (TPSA) is 64.4 Å². The molecular weight excluding hydrogens is 412 g/mol. The molecule has 0 saturated carbocycles. The number of rotatable bonds is 7. The second-order valence-corrected chi connectivity index (χ2v) is 7.80. The fourth-order valence-electron chi connectivity index (χ4n) is 3.23. The van der Waals surface area contributed by atoms with Gasteiger partial charge in [-0.1, -0.05) is 49.7 Å². The van der Waals surface area contributed by atoms with Gasteiger partial charge >= 0.3 is 0 Å². The van der Waals surface area contributed by atoms with Crippen LogP contribution in [0.4, 0.5) is 5.69 Å². The number of oxazole rings is 1. The number of aromatic nitrogens is 1. The fraction of sp³-hybridized carbons (Fsp3) is 0.200. The van der Waals surface area contributed by atoms with Crippen LogP contribution in [0.15, 0.2) is 71.1 Å². The van der Waals surface area contributed by atoms with Gasteiger partial charge in [0.25, 0.3) is 5.91 Å². The van der Waals surface area contributed by atoms with Gasteiger partial charge in [-0.25, -0.2) is 4.98 Å². The van der Waals surface area contributed by atoms with E-state index in [1.165, 1.54) is 5.56 Å². The van der Waals surface area contributed by atoms with Gasteiger partial charge in [-0.15, -0.1) is 0 Å². The summed E-state index contributed by atoms with van der Waals surface area (Å²) < 4.78 is 11.4. The Morgan fingerprint density at radius 3 is 2.65 bits per heavy atom. The monoisotopic (exact) mass is 434 g/mol. The van der Waals surface area contributed by atoms with E-state index < -0.39 is 0 Å². The number of benzene rings is 3. The number of amides is 1. The van der Waals surface area contributed by atoms with Gasteiger partial charge in [-0.3, -0.25) is 4.79 Å². The molecule has 1 N–H and O–H groups in total. The summed E-state index contributed by atoms with van der Waals surface area (Å²) in [4.78, 5) is 16.8. The molecule has 0 fully saturated rings. The Labute approximate surface area is 186 Å². The normalized spacial score (nSPS) is 12.0. The van der Waals surface area contributed by atoms with Gasteiger partial charge in [0.1, 0.15) is 11.3 Å². The number of ether oxygens (including phenoxy) is 1. The highest BCUT2D eigenvalue weighted by Gasteiger charge is 2.12. The van der Waals surface area contributed by atoms with E-state index in [9.17, 15) is 4.79 Å². The van der Waals surface area contributed by atoms with Crippen LogP contribution in [0, 0.1) is 0 Å². The van der Waals surface area contributed by atoms with Crippen molar-refractivity contribution in [2.45, 2.75) is 26.2 Å². The van der Waals surface area contributed by atoms with E-state index in [1.807, 2.05) is 42.5 Å². The first kappa shape index (κ1) is 20.9. The number of anilines is 1. The van der Waals surface area contributed by atoms with E-state index in [1.54, 1.807) is 24.3 Å². The van der Waals surface area contributed by atoms with E-state index in [-0.39, 0.29) is 12.5 Å².